The molecule has 5 nitrogen and oxygen atoms in total. The number of benzene rings is 1. The SMILES string of the molecule is CCN([C@@H](CF)c1ccc(C(F)(F)F)cc1)S(=O)(=O)N1CCOCC1. The average molecular weight is 384 g/mol. The third-order valence-corrected chi connectivity index (χ3v) is 6.14. The molecule has 0 aliphatic carbocycles. The molecular formula is C15H20F4N2O3S. The Balaban J connectivity index is 2.30. The van der Waals surface area contributed by atoms with Crippen molar-refractivity contribution in [2.45, 2.75) is 19.1 Å². The lowest BCUT2D eigenvalue weighted by Gasteiger charge is -2.35. The van der Waals surface area contributed by atoms with Crippen LogP contribution in [0.2, 0.25) is 0 Å². The third kappa shape index (κ3) is 4.49. The summed E-state index contributed by atoms with van der Waals surface area (Å²) in [7, 11) is -3.95. The Morgan fingerprint density at radius 2 is 1.76 bits per heavy atom. The molecule has 0 spiro atoms. The van der Waals surface area contributed by atoms with Crippen molar-refractivity contribution in [3.8, 4) is 0 Å². The van der Waals surface area contributed by atoms with Crippen LogP contribution in [0, 0.1) is 0 Å². The Morgan fingerprint density at radius 1 is 1.20 bits per heavy atom. The number of hydrogen-bond donors (Lipinski definition) is 0. The summed E-state index contributed by atoms with van der Waals surface area (Å²) in [6, 6.07) is 2.70. The molecule has 1 fully saturated rings. The Kier molecular flexibility index (Phi) is 6.41. The zero-order valence-corrected chi connectivity index (χ0v) is 14.5. The van der Waals surface area contributed by atoms with Gasteiger partial charge in [0.25, 0.3) is 10.2 Å². The van der Waals surface area contributed by atoms with Crippen molar-refractivity contribution in [1.82, 2.24) is 8.61 Å². The molecule has 0 amide bonds. The molecule has 1 heterocycles. The molecule has 0 radical (unpaired) electrons. The van der Waals surface area contributed by atoms with Gasteiger partial charge in [0.2, 0.25) is 0 Å². The lowest BCUT2D eigenvalue weighted by atomic mass is 10.1. The molecule has 1 aromatic rings. The van der Waals surface area contributed by atoms with E-state index < -0.39 is 34.7 Å². The minimum absolute atomic E-state index is 0.00466. The van der Waals surface area contributed by atoms with Crippen LogP contribution >= 0.6 is 0 Å². The number of rotatable bonds is 6. The number of alkyl halides is 4. The highest BCUT2D eigenvalue weighted by Gasteiger charge is 2.36. The highest BCUT2D eigenvalue weighted by Crippen LogP contribution is 2.32. The molecule has 0 saturated carbocycles. The number of halogens is 4. The number of morpholine rings is 1. The van der Waals surface area contributed by atoms with Gasteiger partial charge in [-0.05, 0) is 17.7 Å². The van der Waals surface area contributed by atoms with Crippen molar-refractivity contribution in [2.24, 2.45) is 0 Å². The summed E-state index contributed by atoms with van der Waals surface area (Å²) in [4.78, 5) is 0. The van der Waals surface area contributed by atoms with E-state index in [4.69, 9.17) is 4.74 Å². The fraction of sp³-hybridized carbons (Fsp3) is 0.600. The number of ether oxygens (including phenoxy) is 1. The summed E-state index contributed by atoms with van der Waals surface area (Å²) in [6.07, 6.45) is -4.51. The van der Waals surface area contributed by atoms with Gasteiger partial charge < -0.3 is 4.74 Å². The molecule has 25 heavy (non-hydrogen) atoms. The van der Waals surface area contributed by atoms with E-state index in [0.29, 0.717) is 0 Å². The van der Waals surface area contributed by atoms with Crippen LogP contribution in [0.15, 0.2) is 24.3 Å². The Bertz CT molecular complexity index is 658. The van der Waals surface area contributed by atoms with Gasteiger partial charge in [0, 0.05) is 19.6 Å². The highest BCUT2D eigenvalue weighted by molar-refractivity contribution is 7.86. The zero-order chi connectivity index (χ0) is 18.7. The summed E-state index contributed by atoms with van der Waals surface area (Å²) in [5.41, 5.74) is -0.692. The fourth-order valence-electron chi connectivity index (χ4n) is 2.70. The first-order chi connectivity index (χ1) is 11.7. The molecule has 2 rings (SSSR count). The van der Waals surface area contributed by atoms with Gasteiger partial charge in [-0.2, -0.15) is 30.2 Å². The van der Waals surface area contributed by atoms with Gasteiger partial charge in [-0.25, -0.2) is 4.39 Å². The number of nitrogens with zero attached hydrogens (tertiary/aromatic N) is 2. The molecule has 142 valence electrons. The minimum Gasteiger partial charge on any atom is -0.379 e. The molecule has 10 heteroatoms. The maximum absolute atomic E-state index is 13.6. The van der Waals surface area contributed by atoms with Gasteiger partial charge in [-0.15, -0.1) is 0 Å². The van der Waals surface area contributed by atoms with E-state index in [1.807, 2.05) is 0 Å². The molecule has 1 aromatic carbocycles. The largest absolute Gasteiger partial charge is 0.416 e. The Hall–Kier alpha value is -1.23. The molecule has 0 N–H and O–H groups in total. The Morgan fingerprint density at radius 3 is 2.20 bits per heavy atom. The van der Waals surface area contributed by atoms with Crippen LogP contribution in [0.5, 0.6) is 0 Å². The molecule has 1 aliphatic rings. The predicted octanol–water partition coefficient (Wildman–Crippen LogP) is 2.61. The van der Waals surface area contributed by atoms with Crippen LogP contribution in [0.25, 0.3) is 0 Å². The lowest BCUT2D eigenvalue weighted by molar-refractivity contribution is -0.137. The van der Waals surface area contributed by atoms with Gasteiger partial charge in [0.1, 0.15) is 6.67 Å². The summed E-state index contributed by atoms with van der Waals surface area (Å²) >= 11 is 0. The van der Waals surface area contributed by atoms with E-state index in [1.165, 1.54) is 4.31 Å². The molecule has 0 unspecified atom stereocenters. The van der Waals surface area contributed by atoms with Crippen LogP contribution in [-0.4, -0.2) is 56.6 Å². The van der Waals surface area contributed by atoms with Crippen LogP contribution in [-0.2, 0) is 21.1 Å². The van der Waals surface area contributed by atoms with Crippen molar-refractivity contribution in [3.05, 3.63) is 35.4 Å². The van der Waals surface area contributed by atoms with Crippen LogP contribution in [0.3, 0.4) is 0 Å². The molecule has 1 aliphatic heterocycles. The summed E-state index contributed by atoms with van der Waals surface area (Å²) in [5.74, 6) is 0. The second-order valence-corrected chi connectivity index (χ2v) is 7.39. The van der Waals surface area contributed by atoms with E-state index in [1.54, 1.807) is 6.92 Å². The second-order valence-electron chi connectivity index (χ2n) is 5.51. The van der Waals surface area contributed by atoms with E-state index in [-0.39, 0.29) is 38.4 Å². The highest BCUT2D eigenvalue weighted by atomic mass is 32.2. The van der Waals surface area contributed by atoms with Crippen molar-refractivity contribution in [3.63, 3.8) is 0 Å². The van der Waals surface area contributed by atoms with Crippen molar-refractivity contribution in [2.75, 3.05) is 39.5 Å². The summed E-state index contributed by atoms with van der Waals surface area (Å²) in [6.45, 7) is 1.33. The first kappa shape index (κ1) is 20.1. The molecule has 1 saturated heterocycles. The standard InChI is InChI=1S/C15H20F4N2O3S/c1-2-21(25(22,23)20-7-9-24-10-8-20)14(11-16)12-3-5-13(6-4-12)15(17,18)19/h3-6,14H,2,7-11H2,1H3/t14-/m0/s1. The topological polar surface area (TPSA) is 49.9 Å². The normalized spacial score (nSPS) is 18.5. The third-order valence-electron chi connectivity index (χ3n) is 4.02. The molecule has 0 bridgehead atoms. The van der Waals surface area contributed by atoms with Gasteiger partial charge in [-0.3, -0.25) is 0 Å². The van der Waals surface area contributed by atoms with Crippen LogP contribution < -0.4 is 0 Å². The lowest BCUT2D eigenvalue weighted by Crippen LogP contribution is -2.50. The van der Waals surface area contributed by atoms with Gasteiger partial charge >= 0.3 is 6.18 Å². The van der Waals surface area contributed by atoms with Crippen LogP contribution in [0.1, 0.15) is 24.1 Å². The average Bonchev–Trinajstić information content (AvgIpc) is 2.59. The van der Waals surface area contributed by atoms with Crippen molar-refractivity contribution < 1.29 is 30.7 Å². The predicted molar refractivity (Wildman–Crippen MR) is 83.9 cm³/mol. The second kappa shape index (κ2) is 7.98. The van der Waals surface area contributed by atoms with Gasteiger partial charge in [0.05, 0.1) is 24.8 Å². The first-order valence-electron chi connectivity index (χ1n) is 7.79. The van der Waals surface area contributed by atoms with Gasteiger partial charge in [-0.1, -0.05) is 19.1 Å². The minimum atomic E-state index is -4.51. The zero-order valence-electron chi connectivity index (χ0n) is 13.7. The van der Waals surface area contributed by atoms with E-state index in [0.717, 1.165) is 28.6 Å². The van der Waals surface area contributed by atoms with E-state index in [2.05, 4.69) is 0 Å². The molecule has 1 atom stereocenters. The van der Waals surface area contributed by atoms with Crippen molar-refractivity contribution in [1.29, 1.82) is 0 Å². The maximum Gasteiger partial charge on any atom is 0.416 e. The number of hydrogen-bond acceptors (Lipinski definition) is 3. The monoisotopic (exact) mass is 384 g/mol. The summed E-state index contributed by atoms with van der Waals surface area (Å²) in [5, 5.41) is 0. The Labute approximate surface area is 144 Å². The van der Waals surface area contributed by atoms with Crippen molar-refractivity contribution >= 4 is 10.2 Å². The molecular weight excluding hydrogens is 364 g/mol. The quantitative estimate of drug-likeness (QED) is 0.709. The fourth-order valence-corrected chi connectivity index (χ4v) is 4.43. The maximum atomic E-state index is 13.6. The smallest absolute Gasteiger partial charge is 0.379 e. The van der Waals surface area contributed by atoms with Gasteiger partial charge in [0.15, 0.2) is 0 Å². The van der Waals surface area contributed by atoms with E-state index in [9.17, 15) is 26.0 Å². The molecule has 0 aromatic heterocycles. The summed E-state index contributed by atoms with van der Waals surface area (Å²) < 4.78 is 84.4. The van der Waals surface area contributed by atoms with Crippen LogP contribution in [0.4, 0.5) is 17.6 Å². The van der Waals surface area contributed by atoms with E-state index >= 15 is 0 Å². The first-order valence-corrected chi connectivity index (χ1v) is 9.19.